The number of nitrogens with one attached hydrogen (secondary N) is 2. The molecular weight excluding hydrogens is 350 g/mol. The molecule has 3 aromatic rings. The second kappa shape index (κ2) is 8.05. The Kier molecular flexibility index (Phi) is 5.58. The number of hydrogen-bond acceptors (Lipinski definition) is 5. The lowest BCUT2D eigenvalue weighted by molar-refractivity contribution is -0.115. The van der Waals surface area contributed by atoms with Gasteiger partial charge in [0.2, 0.25) is 5.91 Å². The lowest BCUT2D eigenvalue weighted by atomic mass is 10.2. The number of imidazole rings is 1. The maximum absolute atomic E-state index is 12.4. The molecule has 134 valence electrons. The zero-order valence-electron chi connectivity index (χ0n) is 14.5. The first-order chi connectivity index (χ1) is 12.6. The van der Waals surface area contributed by atoms with Gasteiger partial charge >= 0.3 is 5.97 Å². The predicted octanol–water partition coefficient (Wildman–Crippen LogP) is 3.86. The van der Waals surface area contributed by atoms with Crippen LogP contribution in [0.4, 0.5) is 5.69 Å². The number of thioether (sulfide) groups is 1. The Morgan fingerprint density at radius 1 is 1.19 bits per heavy atom. The summed E-state index contributed by atoms with van der Waals surface area (Å²) in [6.45, 7) is 3.90. The van der Waals surface area contributed by atoms with E-state index in [4.69, 9.17) is 4.74 Å². The second-order valence-electron chi connectivity index (χ2n) is 5.61. The molecule has 7 heteroatoms. The molecule has 0 aliphatic heterocycles. The fourth-order valence-corrected chi connectivity index (χ4v) is 3.17. The molecule has 0 aliphatic carbocycles. The van der Waals surface area contributed by atoms with E-state index in [2.05, 4.69) is 15.3 Å². The summed E-state index contributed by atoms with van der Waals surface area (Å²) in [6, 6.07) is 14.4. The van der Waals surface area contributed by atoms with Crippen molar-refractivity contribution in [2.24, 2.45) is 0 Å². The van der Waals surface area contributed by atoms with Gasteiger partial charge in [0.05, 0.1) is 28.5 Å². The van der Waals surface area contributed by atoms with Crippen LogP contribution in [0.15, 0.2) is 53.7 Å². The highest BCUT2D eigenvalue weighted by Gasteiger charge is 2.17. The number of hydrogen-bond donors (Lipinski definition) is 2. The minimum atomic E-state index is -0.376. The van der Waals surface area contributed by atoms with Gasteiger partial charge in [-0.1, -0.05) is 23.9 Å². The molecule has 0 fully saturated rings. The number of ether oxygens (including phenoxy) is 1. The third kappa shape index (κ3) is 4.23. The highest BCUT2D eigenvalue weighted by atomic mass is 32.2. The molecule has 0 bridgehead atoms. The first-order valence-electron chi connectivity index (χ1n) is 8.26. The van der Waals surface area contributed by atoms with Crippen molar-refractivity contribution in [3.8, 4) is 0 Å². The van der Waals surface area contributed by atoms with Gasteiger partial charge in [-0.2, -0.15) is 0 Å². The van der Waals surface area contributed by atoms with E-state index in [1.54, 1.807) is 31.2 Å². The number of aromatic nitrogens is 2. The number of para-hydroxylation sites is 2. The number of aromatic amines is 1. The summed E-state index contributed by atoms with van der Waals surface area (Å²) in [4.78, 5) is 31.7. The fraction of sp³-hybridized carbons (Fsp3) is 0.211. The Bertz CT molecular complexity index is 888. The molecular formula is C19H19N3O3S. The van der Waals surface area contributed by atoms with E-state index in [1.165, 1.54) is 11.8 Å². The van der Waals surface area contributed by atoms with Crippen molar-refractivity contribution in [2.75, 3.05) is 11.9 Å². The van der Waals surface area contributed by atoms with Gasteiger partial charge in [-0.05, 0) is 50.2 Å². The molecule has 26 heavy (non-hydrogen) atoms. The summed E-state index contributed by atoms with van der Waals surface area (Å²) in [5, 5.41) is 3.21. The number of fused-ring (bicyclic) bond motifs is 1. The molecule has 1 amide bonds. The number of benzene rings is 2. The second-order valence-corrected chi connectivity index (χ2v) is 6.94. The van der Waals surface area contributed by atoms with Crippen LogP contribution < -0.4 is 5.32 Å². The number of carbonyl (C=O) groups is 2. The Hall–Kier alpha value is -2.80. The van der Waals surface area contributed by atoms with E-state index in [-0.39, 0.29) is 17.1 Å². The predicted molar refractivity (Wildman–Crippen MR) is 102 cm³/mol. The minimum Gasteiger partial charge on any atom is -0.462 e. The monoisotopic (exact) mass is 369 g/mol. The average molecular weight is 369 g/mol. The molecule has 0 spiro atoms. The van der Waals surface area contributed by atoms with Crippen molar-refractivity contribution in [1.82, 2.24) is 9.97 Å². The van der Waals surface area contributed by atoms with Gasteiger partial charge < -0.3 is 15.0 Å². The number of amides is 1. The topological polar surface area (TPSA) is 84.1 Å². The normalized spacial score (nSPS) is 11.9. The molecule has 0 aliphatic rings. The van der Waals surface area contributed by atoms with Crippen LogP contribution in [0.2, 0.25) is 0 Å². The number of rotatable bonds is 6. The molecule has 0 radical (unpaired) electrons. The van der Waals surface area contributed by atoms with Gasteiger partial charge in [0.25, 0.3) is 0 Å². The van der Waals surface area contributed by atoms with Crippen LogP contribution >= 0.6 is 11.8 Å². The maximum atomic E-state index is 12.4. The highest BCUT2D eigenvalue weighted by molar-refractivity contribution is 8.00. The Morgan fingerprint density at radius 3 is 2.62 bits per heavy atom. The van der Waals surface area contributed by atoms with Crippen molar-refractivity contribution in [2.45, 2.75) is 24.3 Å². The number of carbonyl (C=O) groups excluding carboxylic acids is 2. The van der Waals surface area contributed by atoms with Crippen LogP contribution in [0.25, 0.3) is 11.0 Å². The minimum absolute atomic E-state index is 0.139. The SMILES string of the molecule is CCOC(=O)c1ccc(NC(=O)[C@H](C)Sc2nc3ccccc3[nH]2)cc1. The lowest BCUT2D eigenvalue weighted by Gasteiger charge is -2.11. The smallest absolute Gasteiger partial charge is 0.338 e. The molecule has 2 aromatic carbocycles. The van der Waals surface area contributed by atoms with Crippen molar-refractivity contribution in [1.29, 1.82) is 0 Å². The molecule has 0 saturated heterocycles. The summed E-state index contributed by atoms with van der Waals surface area (Å²) in [7, 11) is 0. The van der Waals surface area contributed by atoms with Gasteiger partial charge in [-0.25, -0.2) is 9.78 Å². The lowest BCUT2D eigenvalue weighted by Crippen LogP contribution is -2.22. The highest BCUT2D eigenvalue weighted by Crippen LogP contribution is 2.24. The average Bonchev–Trinajstić information content (AvgIpc) is 3.04. The van der Waals surface area contributed by atoms with Gasteiger partial charge in [-0.3, -0.25) is 4.79 Å². The molecule has 0 saturated carbocycles. The van der Waals surface area contributed by atoms with Crippen LogP contribution in [-0.2, 0) is 9.53 Å². The van der Waals surface area contributed by atoms with E-state index < -0.39 is 0 Å². The van der Waals surface area contributed by atoms with E-state index in [1.807, 2.05) is 31.2 Å². The van der Waals surface area contributed by atoms with Crippen molar-refractivity contribution in [3.63, 3.8) is 0 Å². The van der Waals surface area contributed by atoms with Crippen LogP contribution in [0.1, 0.15) is 24.2 Å². The fourth-order valence-electron chi connectivity index (χ4n) is 2.35. The van der Waals surface area contributed by atoms with E-state index in [9.17, 15) is 9.59 Å². The number of anilines is 1. The zero-order chi connectivity index (χ0) is 18.5. The number of esters is 1. The van der Waals surface area contributed by atoms with Crippen LogP contribution in [-0.4, -0.2) is 33.7 Å². The third-order valence-electron chi connectivity index (χ3n) is 3.69. The molecule has 1 atom stereocenters. The van der Waals surface area contributed by atoms with E-state index in [0.717, 1.165) is 11.0 Å². The number of H-pyrrole nitrogens is 1. The first-order valence-corrected chi connectivity index (χ1v) is 9.14. The van der Waals surface area contributed by atoms with E-state index in [0.29, 0.717) is 23.0 Å². The summed E-state index contributed by atoms with van der Waals surface area (Å²) >= 11 is 1.36. The molecule has 2 N–H and O–H groups in total. The largest absolute Gasteiger partial charge is 0.462 e. The maximum Gasteiger partial charge on any atom is 0.338 e. The van der Waals surface area contributed by atoms with E-state index >= 15 is 0 Å². The summed E-state index contributed by atoms with van der Waals surface area (Å²) in [5.74, 6) is -0.515. The molecule has 6 nitrogen and oxygen atoms in total. The summed E-state index contributed by atoms with van der Waals surface area (Å²) in [5.41, 5.74) is 2.89. The van der Waals surface area contributed by atoms with Crippen LogP contribution in [0.3, 0.4) is 0 Å². The van der Waals surface area contributed by atoms with Gasteiger partial charge in [0, 0.05) is 5.69 Å². The van der Waals surface area contributed by atoms with Crippen molar-refractivity contribution in [3.05, 3.63) is 54.1 Å². The van der Waals surface area contributed by atoms with Crippen molar-refractivity contribution < 1.29 is 14.3 Å². The molecule has 1 aromatic heterocycles. The van der Waals surface area contributed by atoms with Crippen LogP contribution in [0.5, 0.6) is 0 Å². The van der Waals surface area contributed by atoms with Gasteiger partial charge in [0.15, 0.2) is 5.16 Å². The van der Waals surface area contributed by atoms with Gasteiger partial charge in [-0.15, -0.1) is 0 Å². The standard InChI is InChI=1S/C19H19N3O3S/c1-3-25-18(24)13-8-10-14(11-9-13)20-17(23)12(2)26-19-21-15-6-4-5-7-16(15)22-19/h4-12H,3H2,1-2H3,(H,20,23)(H,21,22)/t12-/m0/s1. The summed E-state index contributed by atoms with van der Waals surface area (Å²) in [6.07, 6.45) is 0. The third-order valence-corrected chi connectivity index (χ3v) is 4.67. The molecule has 0 unspecified atom stereocenters. The van der Waals surface area contributed by atoms with Gasteiger partial charge in [0.1, 0.15) is 0 Å². The Morgan fingerprint density at radius 2 is 1.92 bits per heavy atom. The quantitative estimate of drug-likeness (QED) is 0.509. The molecule has 1 heterocycles. The van der Waals surface area contributed by atoms with Crippen molar-refractivity contribution >= 4 is 40.4 Å². The Balaban J connectivity index is 1.60. The zero-order valence-corrected chi connectivity index (χ0v) is 15.3. The molecule has 3 rings (SSSR count). The first kappa shape index (κ1) is 18.0. The summed E-state index contributed by atoms with van der Waals surface area (Å²) < 4.78 is 4.94. The Labute approximate surface area is 155 Å². The van der Waals surface area contributed by atoms with Crippen LogP contribution in [0, 0.1) is 0 Å². The number of nitrogens with zero attached hydrogens (tertiary/aromatic N) is 1.